The van der Waals surface area contributed by atoms with Gasteiger partial charge in [0.15, 0.2) is 12.3 Å². The van der Waals surface area contributed by atoms with E-state index >= 15 is 0 Å². The van der Waals surface area contributed by atoms with Crippen LogP contribution in [0, 0.1) is 6.92 Å². The fourth-order valence-electron chi connectivity index (χ4n) is 5.25. The second-order valence-electron chi connectivity index (χ2n) is 9.77. The Kier molecular flexibility index (Phi) is 7.06. The molecule has 0 saturated carbocycles. The topological polar surface area (TPSA) is 72.7 Å². The molecule has 40 heavy (non-hydrogen) atoms. The van der Waals surface area contributed by atoms with Crippen molar-refractivity contribution in [3.63, 3.8) is 0 Å². The van der Waals surface area contributed by atoms with Gasteiger partial charge in [-0.05, 0) is 36.2 Å². The van der Waals surface area contributed by atoms with Crippen LogP contribution in [0.25, 0.3) is 27.8 Å². The van der Waals surface area contributed by atoms with E-state index in [0.717, 1.165) is 50.7 Å². The highest BCUT2D eigenvalue weighted by molar-refractivity contribution is 6.02. The summed E-state index contributed by atoms with van der Waals surface area (Å²) >= 11 is 0. The maximum absolute atomic E-state index is 12.9. The maximum Gasteiger partial charge on any atom is 0.260 e. The molecule has 1 aliphatic heterocycles. The molecule has 0 radical (unpaired) electrons. The lowest BCUT2D eigenvalue weighted by molar-refractivity contribution is -0.133. The highest BCUT2D eigenvalue weighted by Gasteiger charge is 2.26. The van der Waals surface area contributed by atoms with Crippen LogP contribution in [0.5, 0.6) is 11.5 Å². The van der Waals surface area contributed by atoms with Crippen LogP contribution in [-0.4, -0.2) is 65.2 Å². The van der Waals surface area contributed by atoms with Gasteiger partial charge < -0.3 is 19.3 Å². The molecule has 8 heteroatoms. The Bertz CT molecular complexity index is 1640. The van der Waals surface area contributed by atoms with Gasteiger partial charge in [0.2, 0.25) is 0 Å². The number of carbonyl (C=O) groups is 1. The van der Waals surface area contributed by atoms with Gasteiger partial charge in [-0.1, -0.05) is 60.7 Å². The van der Waals surface area contributed by atoms with Crippen LogP contribution in [-0.2, 0) is 4.79 Å². The smallest absolute Gasteiger partial charge is 0.260 e. The number of nitrogens with zero attached hydrogens (tertiary/aromatic N) is 5. The molecular formula is C32H31N5O3. The monoisotopic (exact) mass is 533 g/mol. The number of piperazine rings is 1. The Morgan fingerprint density at radius 2 is 1.55 bits per heavy atom. The fraction of sp³-hybridized carbons (Fsp3) is 0.219. The van der Waals surface area contributed by atoms with E-state index in [4.69, 9.17) is 19.4 Å². The fourth-order valence-corrected chi connectivity index (χ4v) is 5.25. The Morgan fingerprint density at radius 3 is 2.30 bits per heavy atom. The third-order valence-electron chi connectivity index (χ3n) is 7.37. The van der Waals surface area contributed by atoms with Crippen LogP contribution in [0.4, 0.5) is 5.82 Å². The minimum Gasteiger partial charge on any atom is -0.495 e. The summed E-state index contributed by atoms with van der Waals surface area (Å²) < 4.78 is 13.6. The van der Waals surface area contributed by atoms with E-state index in [1.807, 2.05) is 78.6 Å². The summed E-state index contributed by atoms with van der Waals surface area (Å²) in [5.41, 5.74) is 4.85. The summed E-state index contributed by atoms with van der Waals surface area (Å²) in [5, 5.41) is 0.974. The first-order valence-corrected chi connectivity index (χ1v) is 13.4. The van der Waals surface area contributed by atoms with E-state index in [1.165, 1.54) is 0 Å². The molecule has 8 nitrogen and oxygen atoms in total. The summed E-state index contributed by atoms with van der Waals surface area (Å²) in [6.45, 7) is 4.52. The molecule has 1 aliphatic rings. The van der Waals surface area contributed by atoms with E-state index in [9.17, 15) is 4.79 Å². The molecule has 1 amide bonds. The summed E-state index contributed by atoms with van der Waals surface area (Å²) in [6.07, 6.45) is 3.73. The van der Waals surface area contributed by atoms with Crippen molar-refractivity contribution in [1.29, 1.82) is 0 Å². The van der Waals surface area contributed by atoms with Crippen LogP contribution in [0.1, 0.15) is 5.56 Å². The van der Waals surface area contributed by atoms with Crippen LogP contribution in [0.15, 0.2) is 91.4 Å². The molecule has 6 rings (SSSR count). The number of aryl methyl sites for hydroxylation is 1. The molecule has 2 aromatic heterocycles. The first kappa shape index (κ1) is 25.4. The molecule has 0 N–H and O–H groups in total. The number of benzene rings is 3. The minimum absolute atomic E-state index is 0.0111. The zero-order valence-corrected chi connectivity index (χ0v) is 22.7. The summed E-state index contributed by atoms with van der Waals surface area (Å²) in [7, 11) is 1.68. The first-order valence-electron chi connectivity index (χ1n) is 13.4. The molecule has 3 aromatic carbocycles. The summed E-state index contributed by atoms with van der Waals surface area (Å²) in [5.74, 6) is 2.36. The van der Waals surface area contributed by atoms with Crippen molar-refractivity contribution in [3.05, 3.63) is 97.0 Å². The quantitative estimate of drug-likeness (QED) is 0.289. The van der Waals surface area contributed by atoms with Crippen molar-refractivity contribution >= 4 is 22.8 Å². The standard InChI is InChI=1S/C32H31N5O3/c1-23-10-6-8-14-27(23)40-21-29(38)35-16-18-36(19-17-35)31-30-25(24-11-4-3-5-12-24)20-37(32(30)34-22-33-31)26-13-7-9-15-28(26)39-2/h3-15,20,22H,16-19,21H2,1-2H3. The predicted molar refractivity (Wildman–Crippen MR) is 156 cm³/mol. The second kappa shape index (κ2) is 11.1. The van der Waals surface area contributed by atoms with Crippen molar-refractivity contribution in [3.8, 4) is 28.3 Å². The van der Waals surface area contributed by atoms with E-state index in [0.29, 0.717) is 26.2 Å². The molecule has 3 heterocycles. The van der Waals surface area contributed by atoms with Gasteiger partial charge in [-0.15, -0.1) is 0 Å². The predicted octanol–water partition coefficient (Wildman–Crippen LogP) is 5.13. The molecular weight excluding hydrogens is 502 g/mol. The summed E-state index contributed by atoms with van der Waals surface area (Å²) in [4.78, 5) is 26.5. The molecule has 202 valence electrons. The van der Waals surface area contributed by atoms with Gasteiger partial charge in [-0.25, -0.2) is 9.97 Å². The van der Waals surface area contributed by atoms with Crippen LogP contribution >= 0.6 is 0 Å². The lowest BCUT2D eigenvalue weighted by Gasteiger charge is -2.35. The van der Waals surface area contributed by atoms with Crippen molar-refractivity contribution < 1.29 is 14.3 Å². The number of aromatic nitrogens is 3. The number of ether oxygens (including phenoxy) is 2. The number of hydrogen-bond donors (Lipinski definition) is 0. The number of anilines is 1. The first-order chi connectivity index (χ1) is 19.6. The number of para-hydroxylation sites is 3. The number of carbonyl (C=O) groups excluding carboxylic acids is 1. The third kappa shape index (κ3) is 4.84. The van der Waals surface area contributed by atoms with Crippen molar-refractivity contribution in [1.82, 2.24) is 19.4 Å². The van der Waals surface area contributed by atoms with Crippen molar-refractivity contribution in [2.45, 2.75) is 6.92 Å². The molecule has 0 atom stereocenters. The highest BCUT2D eigenvalue weighted by atomic mass is 16.5. The van der Waals surface area contributed by atoms with E-state index < -0.39 is 0 Å². The zero-order valence-electron chi connectivity index (χ0n) is 22.7. The third-order valence-corrected chi connectivity index (χ3v) is 7.37. The Balaban J connectivity index is 1.29. The van der Waals surface area contributed by atoms with E-state index in [2.05, 4.69) is 27.8 Å². The average molecular weight is 534 g/mol. The van der Waals surface area contributed by atoms with Crippen molar-refractivity contribution in [2.24, 2.45) is 0 Å². The highest BCUT2D eigenvalue weighted by Crippen LogP contribution is 2.38. The number of hydrogen-bond acceptors (Lipinski definition) is 6. The SMILES string of the molecule is COc1ccccc1-n1cc(-c2ccccc2)c2c(N3CCN(C(=O)COc4ccccc4C)CC3)ncnc21. The van der Waals surface area contributed by atoms with Crippen LogP contribution in [0.2, 0.25) is 0 Å². The Morgan fingerprint density at radius 1 is 0.850 bits per heavy atom. The van der Waals surface area contributed by atoms with Gasteiger partial charge in [0.1, 0.15) is 23.6 Å². The Hall–Kier alpha value is -4.85. The van der Waals surface area contributed by atoms with Gasteiger partial charge in [-0.2, -0.15) is 0 Å². The van der Waals surface area contributed by atoms with Gasteiger partial charge in [-0.3, -0.25) is 9.36 Å². The minimum atomic E-state index is -0.0111. The zero-order chi connectivity index (χ0) is 27.5. The Labute approximate surface area is 233 Å². The average Bonchev–Trinajstić information content (AvgIpc) is 3.41. The molecule has 0 spiro atoms. The number of methoxy groups -OCH3 is 1. The van der Waals surface area contributed by atoms with Gasteiger partial charge in [0.25, 0.3) is 5.91 Å². The maximum atomic E-state index is 12.9. The normalized spacial score (nSPS) is 13.4. The van der Waals surface area contributed by atoms with E-state index in [-0.39, 0.29) is 12.5 Å². The molecule has 1 saturated heterocycles. The molecule has 0 bridgehead atoms. The lowest BCUT2D eigenvalue weighted by Crippen LogP contribution is -2.50. The van der Waals surface area contributed by atoms with Crippen molar-refractivity contribution in [2.75, 3.05) is 44.8 Å². The molecule has 5 aromatic rings. The van der Waals surface area contributed by atoms with Gasteiger partial charge >= 0.3 is 0 Å². The molecule has 0 aliphatic carbocycles. The second-order valence-corrected chi connectivity index (χ2v) is 9.77. The number of fused-ring (bicyclic) bond motifs is 1. The van der Waals surface area contributed by atoms with Crippen LogP contribution in [0.3, 0.4) is 0 Å². The van der Waals surface area contributed by atoms with Gasteiger partial charge in [0, 0.05) is 37.9 Å². The van der Waals surface area contributed by atoms with E-state index in [1.54, 1.807) is 13.4 Å². The summed E-state index contributed by atoms with van der Waals surface area (Å²) in [6, 6.07) is 26.0. The number of amides is 1. The van der Waals surface area contributed by atoms with Gasteiger partial charge in [0.05, 0.1) is 18.2 Å². The largest absolute Gasteiger partial charge is 0.495 e. The lowest BCUT2D eigenvalue weighted by atomic mass is 10.1. The number of rotatable bonds is 7. The molecule has 1 fully saturated rings. The van der Waals surface area contributed by atoms with Crippen LogP contribution < -0.4 is 14.4 Å². The molecule has 0 unspecified atom stereocenters.